The van der Waals surface area contributed by atoms with Crippen LogP contribution in [0.25, 0.3) is 11.5 Å². The van der Waals surface area contributed by atoms with Crippen molar-refractivity contribution < 1.29 is 9.18 Å². The van der Waals surface area contributed by atoms with Gasteiger partial charge in [0.15, 0.2) is 0 Å². The fraction of sp³-hybridized carbons (Fsp3) is 0.316. The average molecular weight is 418 g/mol. The molecule has 1 saturated heterocycles. The van der Waals surface area contributed by atoms with E-state index in [-0.39, 0.29) is 24.5 Å². The van der Waals surface area contributed by atoms with Crippen molar-refractivity contribution in [1.29, 1.82) is 0 Å². The molecule has 0 aliphatic carbocycles. The third kappa shape index (κ3) is 5.12. The molecule has 152 valence electrons. The largest absolute Gasteiger partial charge is 0.345 e. The van der Waals surface area contributed by atoms with Gasteiger partial charge in [0.2, 0.25) is 5.82 Å². The standard InChI is InChI=1S/C19H20FN7O.ClH/c20-15-2-1-12(7-13-3-4-21-9-13)8-14(15)19(28)24-11-17-25-18(27-26-17)16-10-22-5-6-23-16;/h1-2,5-6,8,10,13,21H,3-4,7,9,11H2,(H,24,28)(H,25,26,27);1H. The quantitative estimate of drug-likeness (QED) is 0.565. The molecule has 1 aliphatic heterocycles. The highest BCUT2D eigenvalue weighted by Crippen LogP contribution is 2.18. The van der Waals surface area contributed by atoms with E-state index in [0.29, 0.717) is 23.3 Å². The number of amides is 1. The van der Waals surface area contributed by atoms with Crippen LogP contribution >= 0.6 is 12.4 Å². The number of rotatable bonds is 6. The minimum Gasteiger partial charge on any atom is -0.345 e. The van der Waals surface area contributed by atoms with Gasteiger partial charge in [-0.2, -0.15) is 5.10 Å². The molecule has 10 heteroatoms. The van der Waals surface area contributed by atoms with Crippen LogP contribution < -0.4 is 10.6 Å². The number of benzene rings is 1. The van der Waals surface area contributed by atoms with E-state index in [0.717, 1.165) is 31.5 Å². The van der Waals surface area contributed by atoms with E-state index in [9.17, 15) is 9.18 Å². The smallest absolute Gasteiger partial charge is 0.254 e. The van der Waals surface area contributed by atoms with Gasteiger partial charge < -0.3 is 10.6 Å². The summed E-state index contributed by atoms with van der Waals surface area (Å²) in [6, 6.07) is 4.73. The van der Waals surface area contributed by atoms with Crippen LogP contribution in [-0.4, -0.2) is 44.1 Å². The molecule has 4 rings (SSSR count). The molecule has 0 radical (unpaired) electrons. The van der Waals surface area contributed by atoms with Gasteiger partial charge in [0.05, 0.1) is 18.3 Å². The lowest BCUT2D eigenvalue weighted by Crippen LogP contribution is -2.24. The summed E-state index contributed by atoms with van der Waals surface area (Å²) >= 11 is 0. The Morgan fingerprint density at radius 1 is 1.31 bits per heavy atom. The topological polar surface area (TPSA) is 108 Å². The Morgan fingerprint density at radius 2 is 2.21 bits per heavy atom. The molecule has 1 fully saturated rings. The third-order valence-corrected chi connectivity index (χ3v) is 4.70. The zero-order valence-corrected chi connectivity index (χ0v) is 16.4. The van der Waals surface area contributed by atoms with Crippen molar-refractivity contribution in [2.75, 3.05) is 13.1 Å². The van der Waals surface area contributed by atoms with Crippen molar-refractivity contribution in [2.45, 2.75) is 19.4 Å². The number of hydrogen-bond acceptors (Lipinski definition) is 6. The Labute approximate surface area is 173 Å². The maximum absolute atomic E-state index is 14.2. The van der Waals surface area contributed by atoms with Gasteiger partial charge in [0, 0.05) is 12.4 Å². The first-order valence-corrected chi connectivity index (χ1v) is 9.14. The molecular formula is C19H21ClFN7O. The summed E-state index contributed by atoms with van der Waals surface area (Å²) in [6.45, 7) is 2.06. The number of aromatic nitrogens is 5. The fourth-order valence-corrected chi connectivity index (χ4v) is 3.26. The minimum atomic E-state index is -0.538. The fourth-order valence-electron chi connectivity index (χ4n) is 3.26. The summed E-state index contributed by atoms with van der Waals surface area (Å²) in [5.74, 6) is 0.332. The van der Waals surface area contributed by atoms with Crippen LogP contribution in [0.1, 0.15) is 28.2 Å². The Bertz CT molecular complexity index is 960. The van der Waals surface area contributed by atoms with Gasteiger partial charge in [-0.3, -0.25) is 14.9 Å². The summed E-state index contributed by atoms with van der Waals surface area (Å²) in [7, 11) is 0. The number of halogens is 2. The molecule has 1 atom stereocenters. The Kier molecular flexibility index (Phi) is 6.84. The molecule has 0 spiro atoms. The normalized spacial score (nSPS) is 15.7. The second-order valence-corrected chi connectivity index (χ2v) is 6.76. The molecule has 1 aromatic carbocycles. The van der Waals surface area contributed by atoms with E-state index >= 15 is 0 Å². The van der Waals surface area contributed by atoms with Crippen molar-refractivity contribution in [3.05, 3.63) is 59.6 Å². The minimum absolute atomic E-state index is 0. The highest BCUT2D eigenvalue weighted by Gasteiger charge is 2.18. The second-order valence-electron chi connectivity index (χ2n) is 6.76. The van der Waals surface area contributed by atoms with Crippen molar-refractivity contribution in [1.82, 2.24) is 35.8 Å². The predicted octanol–water partition coefficient (Wildman–Crippen LogP) is 1.90. The van der Waals surface area contributed by atoms with E-state index in [1.54, 1.807) is 30.7 Å². The van der Waals surface area contributed by atoms with Crippen molar-refractivity contribution >= 4 is 18.3 Å². The van der Waals surface area contributed by atoms with Crippen molar-refractivity contribution in [3.8, 4) is 11.5 Å². The van der Waals surface area contributed by atoms with Gasteiger partial charge >= 0.3 is 0 Å². The summed E-state index contributed by atoms with van der Waals surface area (Å²) in [4.78, 5) is 24.8. The summed E-state index contributed by atoms with van der Waals surface area (Å²) < 4.78 is 14.2. The van der Waals surface area contributed by atoms with Gasteiger partial charge in [-0.15, -0.1) is 12.4 Å². The Morgan fingerprint density at radius 3 is 2.97 bits per heavy atom. The van der Waals surface area contributed by atoms with Gasteiger partial charge in [-0.25, -0.2) is 14.4 Å². The summed E-state index contributed by atoms with van der Waals surface area (Å²) in [6.07, 6.45) is 6.58. The number of aromatic amines is 1. The SMILES string of the molecule is Cl.O=C(NCc1nc(-c2cnccn2)n[nH]1)c1cc(CC2CCNC2)ccc1F. The number of hydrogen-bond donors (Lipinski definition) is 3. The molecule has 1 aliphatic rings. The number of carbonyl (C=O) groups is 1. The van der Waals surface area contributed by atoms with Gasteiger partial charge in [0.25, 0.3) is 5.91 Å². The van der Waals surface area contributed by atoms with Crippen LogP contribution in [0.3, 0.4) is 0 Å². The van der Waals surface area contributed by atoms with Crippen molar-refractivity contribution in [3.63, 3.8) is 0 Å². The van der Waals surface area contributed by atoms with Crippen LogP contribution in [-0.2, 0) is 13.0 Å². The number of nitrogens with one attached hydrogen (secondary N) is 3. The van der Waals surface area contributed by atoms with Crippen LogP contribution in [0.2, 0.25) is 0 Å². The number of carbonyl (C=O) groups excluding carboxylic acids is 1. The van der Waals surface area contributed by atoms with Gasteiger partial charge in [-0.1, -0.05) is 6.07 Å². The summed E-state index contributed by atoms with van der Waals surface area (Å²) in [5.41, 5.74) is 1.53. The first-order chi connectivity index (χ1) is 13.7. The summed E-state index contributed by atoms with van der Waals surface area (Å²) in [5, 5.41) is 12.8. The maximum Gasteiger partial charge on any atom is 0.254 e. The van der Waals surface area contributed by atoms with Crippen LogP contribution in [0.15, 0.2) is 36.8 Å². The molecule has 3 N–H and O–H groups in total. The lowest BCUT2D eigenvalue weighted by Gasteiger charge is -2.10. The molecule has 0 saturated carbocycles. The highest BCUT2D eigenvalue weighted by atomic mass is 35.5. The van der Waals surface area contributed by atoms with Gasteiger partial charge in [-0.05, 0) is 49.5 Å². The van der Waals surface area contributed by atoms with E-state index in [4.69, 9.17) is 0 Å². The monoisotopic (exact) mass is 417 g/mol. The van der Waals surface area contributed by atoms with E-state index < -0.39 is 11.7 Å². The molecule has 29 heavy (non-hydrogen) atoms. The molecule has 3 heterocycles. The van der Waals surface area contributed by atoms with Crippen LogP contribution in [0.4, 0.5) is 4.39 Å². The highest BCUT2D eigenvalue weighted by molar-refractivity contribution is 5.94. The van der Waals surface area contributed by atoms with Crippen LogP contribution in [0, 0.1) is 11.7 Å². The zero-order valence-electron chi connectivity index (χ0n) is 15.6. The number of H-pyrrole nitrogens is 1. The Balaban J connectivity index is 0.00000240. The lowest BCUT2D eigenvalue weighted by atomic mass is 9.97. The lowest BCUT2D eigenvalue weighted by molar-refractivity contribution is 0.0945. The third-order valence-electron chi connectivity index (χ3n) is 4.70. The van der Waals surface area contributed by atoms with E-state index in [1.807, 2.05) is 0 Å². The first kappa shape index (κ1) is 20.8. The average Bonchev–Trinajstić information content (AvgIpc) is 3.40. The Hall–Kier alpha value is -2.91. The molecule has 1 unspecified atom stereocenters. The second kappa shape index (κ2) is 9.53. The maximum atomic E-state index is 14.2. The van der Waals surface area contributed by atoms with E-state index in [2.05, 4.69) is 35.8 Å². The van der Waals surface area contributed by atoms with Gasteiger partial charge in [0.1, 0.15) is 17.3 Å². The first-order valence-electron chi connectivity index (χ1n) is 9.14. The molecule has 1 amide bonds. The zero-order chi connectivity index (χ0) is 19.3. The molecule has 3 aromatic rings. The predicted molar refractivity (Wildman–Crippen MR) is 107 cm³/mol. The molecule has 8 nitrogen and oxygen atoms in total. The molecular weight excluding hydrogens is 397 g/mol. The number of nitrogens with zero attached hydrogens (tertiary/aromatic N) is 4. The van der Waals surface area contributed by atoms with Crippen LogP contribution in [0.5, 0.6) is 0 Å². The van der Waals surface area contributed by atoms with E-state index in [1.165, 1.54) is 6.07 Å². The molecule has 0 bridgehead atoms. The van der Waals surface area contributed by atoms with Crippen molar-refractivity contribution in [2.24, 2.45) is 5.92 Å². The molecule has 2 aromatic heterocycles.